The molecule has 1 fully saturated rings. The van der Waals surface area contributed by atoms with E-state index >= 15 is 0 Å². The average molecular weight is 318 g/mol. The standard InChI is InChI=1S/C19H26O2S/c1-14(2)18(13-22-12-17-11-10-15(3)21-17)19(20-4)16-8-6-5-7-9-16/h5-9,15,17H,1,10-13H2,2-4H3/b19-18-. The van der Waals surface area contributed by atoms with Crippen LogP contribution in [0, 0.1) is 0 Å². The number of methoxy groups -OCH3 is 1. The first-order valence-corrected chi connectivity index (χ1v) is 8.99. The lowest BCUT2D eigenvalue weighted by Gasteiger charge is -2.16. The van der Waals surface area contributed by atoms with Crippen molar-refractivity contribution in [3.63, 3.8) is 0 Å². The van der Waals surface area contributed by atoms with E-state index in [1.807, 2.05) is 36.9 Å². The van der Waals surface area contributed by atoms with Crippen LogP contribution in [0.15, 0.2) is 48.1 Å². The molecule has 0 amide bonds. The summed E-state index contributed by atoms with van der Waals surface area (Å²) in [6.07, 6.45) is 3.17. The largest absolute Gasteiger partial charge is 0.496 e. The second kappa shape index (κ2) is 8.44. The van der Waals surface area contributed by atoms with Crippen LogP contribution in [0.2, 0.25) is 0 Å². The number of benzene rings is 1. The zero-order chi connectivity index (χ0) is 15.9. The van der Waals surface area contributed by atoms with Crippen molar-refractivity contribution in [3.8, 4) is 0 Å². The summed E-state index contributed by atoms with van der Waals surface area (Å²) in [6.45, 7) is 8.33. The van der Waals surface area contributed by atoms with E-state index in [2.05, 4.69) is 25.6 Å². The van der Waals surface area contributed by atoms with Crippen LogP contribution < -0.4 is 0 Å². The van der Waals surface area contributed by atoms with Crippen molar-refractivity contribution in [3.05, 3.63) is 53.6 Å². The normalized spacial score (nSPS) is 22.3. The SMILES string of the molecule is C=C(C)/C(CSCC1CCC(C)O1)=C(\OC)c1ccccc1. The minimum absolute atomic E-state index is 0.397. The Bertz CT molecular complexity index is 521. The molecule has 2 nitrogen and oxygen atoms in total. The number of thioether (sulfide) groups is 1. The highest BCUT2D eigenvalue weighted by molar-refractivity contribution is 7.99. The van der Waals surface area contributed by atoms with Gasteiger partial charge in [0.25, 0.3) is 0 Å². The third-order valence-corrected chi connectivity index (χ3v) is 5.00. The van der Waals surface area contributed by atoms with E-state index in [-0.39, 0.29) is 0 Å². The van der Waals surface area contributed by atoms with Crippen molar-refractivity contribution >= 4 is 17.5 Å². The first-order chi connectivity index (χ1) is 10.6. The predicted molar refractivity (Wildman–Crippen MR) is 96.1 cm³/mol. The molecule has 3 heteroatoms. The van der Waals surface area contributed by atoms with Crippen molar-refractivity contribution in [1.29, 1.82) is 0 Å². The third kappa shape index (κ3) is 4.65. The zero-order valence-electron chi connectivity index (χ0n) is 13.8. The molecule has 0 aromatic heterocycles. The lowest BCUT2D eigenvalue weighted by atomic mass is 10.0. The van der Waals surface area contributed by atoms with Crippen LogP contribution in [-0.4, -0.2) is 30.8 Å². The van der Waals surface area contributed by atoms with Crippen molar-refractivity contribution in [2.24, 2.45) is 0 Å². The van der Waals surface area contributed by atoms with Gasteiger partial charge in [-0.1, -0.05) is 42.5 Å². The van der Waals surface area contributed by atoms with Gasteiger partial charge in [0.05, 0.1) is 19.3 Å². The molecule has 1 aromatic rings. The van der Waals surface area contributed by atoms with E-state index in [0.717, 1.165) is 28.4 Å². The van der Waals surface area contributed by atoms with Crippen LogP contribution in [0.1, 0.15) is 32.3 Å². The molecule has 1 aliphatic heterocycles. The molecule has 0 radical (unpaired) electrons. The summed E-state index contributed by atoms with van der Waals surface area (Å²) in [5, 5.41) is 0. The average Bonchev–Trinajstić information content (AvgIpc) is 2.93. The number of allylic oxidation sites excluding steroid dienone is 1. The molecule has 1 aromatic carbocycles. The Kier molecular flexibility index (Phi) is 6.59. The van der Waals surface area contributed by atoms with Crippen LogP contribution in [0.4, 0.5) is 0 Å². The van der Waals surface area contributed by atoms with Gasteiger partial charge in [-0.25, -0.2) is 0 Å². The summed E-state index contributed by atoms with van der Waals surface area (Å²) in [6, 6.07) is 10.2. The van der Waals surface area contributed by atoms with E-state index in [1.54, 1.807) is 7.11 Å². The Morgan fingerprint density at radius 2 is 2.05 bits per heavy atom. The maximum atomic E-state index is 5.88. The van der Waals surface area contributed by atoms with E-state index in [0.29, 0.717) is 12.2 Å². The fraction of sp³-hybridized carbons (Fsp3) is 0.474. The lowest BCUT2D eigenvalue weighted by Crippen LogP contribution is -2.11. The molecular weight excluding hydrogens is 292 g/mol. The minimum Gasteiger partial charge on any atom is -0.496 e. The topological polar surface area (TPSA) is 18.5 Å². The molecule has 0 N–H and O–H groups in total. The Hall–Kier alpha value is -1.19. The monoisotopic (exact) mass is 318 g/mol. The molecule has 1 aliphatic rings. The molecule has 120 valence electrons. The fourth-order valence-electron chi connectivity index (χ4n) is 2.69. The molecular formula is C19H26O2S. The second-order valence-corrected chi connectivity index (χ2v) is 6.85. The van der Waals surface area contributed by atoms with Crippen molar-refractivity contribution in [1.82, 2.24) is 0 Å². The predicted octanol–water partition coefficient (Wildman–Crippen LogP) is 4.92. The van der Waals surface area contributed by atoms with Crippen molar-refractivity contribution < 1.29 is 9.47 Å². The molecule has 1 saturated heterocycles. The zero-order valence-corrected chi connectivity index (χ0v) is 14.6. The molecule has 0 aliphatic carbocycles. The van der Waals surface area contributed by atoms with Gasteiger partial charge in [-0.3, -0.25) is 0 Å². The number of hydrogen-bond acceptors (Lipinski definition) is 3. The Morgan fingerprint density at radius 1 is 1.32 bits per heavy atom. The van der Waals surface area contributed by atoms with Crippen LogP contribution in [0.5, 0.6) is 0 Å². The smallest absolute Gasteiger partial charge is 0.130 e. The van der Waals surface area contributed by atoms with Gasteiger partial charge in [0.2, 0.25) is 0 Å². The molecule has 2 rings (SSSR count). The van der Waals surface area contributed by atoms with E-state index in [9.17, 15) is 0 Å². The maximum absolute atomic E-state index is 5.88. The first kappa shape index (κ1) is 17.2. The minimum atomic E-state index is 0.397. The summed E-state index contributed by atoms with van der Waals surface area (Å²) in [4.78, 5) is 0. The van der Waals surface area contributed by atoms with Gasteiger partial charge in [-0.2, -0.15) is 11.8 Å². The second-order valence-electron chi connectivity index (χ2n) is 5.82. The molecule has 0 saturated carbocycles. The highest BCUT2D eigenvalue weighted by atomic mass is 32.2. The van der Waals surface area contributed by atoms with Gasteiger partial charge in [0, 0.05) is 22.6 Å². The Morgan fingerprint density at radius 3 is 2.59 bits per heavy atom. The van der Waals surface area contributed by atoms with Gasteiger partial charge >= 0.3 is 0 Å². The van der Waals surface area contributed by atoms with Gasteiger partial charge in [0.1, 0.15) is 5.76 Å². The lowest BCUT2D eigenvalue weighted by molar-refractivity contribution is 0.0700. The van der Waals surface area contributed by atoms with Crippen LogP contribution in [-0.2, 0) is 9.47 Å². The van der Waals surface area contributed by atoms with Crippen LogP contribution in [0.25, 0.3) is 5.76 Å². The first-order valence-electron chi connectivity index (χ1n) is 7.83. The summed E-state index contributed by atoms with van der Waals surface area (Å²) >= 11 is 1.90. The molecule has 2 unspecified atom stereocenters. The summed E-state index contributed by atoms with van der Waals surface area (Å²) in [5.74, 6) is 2.87. The quantitative estimate of drug-likeness (QED) is 0.525. The number of ether oxygens (including phenoxy) is 2. The summed E-state index contributed by atoms with van der Waals surface area (Å²) < 4.78 is 11.6. The highest BCUT2D eigenvalue weighted by Crippen LogP contribution is 2.29. The number of rotatable bonds is 7. The van der Waals surface area contributed by atoms with Crippen molar-refractivity contribution in [2.75, 3.05) is 18.6 Å². The fourth-order valence-corrected chi connectivity index (χ4v) is 3.90. The molecule has 22 heavy (non-hydrogen) atoms. The van der Waals surface area contributed by atoms with E-state index < -0.39 is 0 Å². The summed E-state index contributed by atoms with van der Waals surface area (Å²) in [7, 11) is 1.73. The molecule has 2 atom stereocenters. The van der Waals surface area contributed by atoms with E-state index in [1.165, 1.54) is 18.4 Å². The molecule has 0 bridgehead atoms. The summed E-state index contributed by atoms with van der Waals surface area (Å²) in [5.41, 5.74) is 3.35. The Balaban J connectivity index is 2.04. The van der Waals surface area contributed by atoms with Crippen molar-refractivity contribution in [2.45, 2.75) is 38.9 Å². The van der Waals surface area contributed by atoms with E-state index in [4.69, 9.17) is 9.47 Å². The van der Waals surface area contributed by atoms with Gasteiger partial charge < -0.3 is 9.47 Å². The van der Waals surface area contributed by atoms with Gasteiger partial charge in [-0.05, 0) is 26.7 Å². The van der Waals surface area contributed by atoms with Gasteiger partial charge in [0.15, 0.2) is 0 Å². The maximum Gasteiger partial charge on any atom is 0.130 e. The molecule has 0 spiro atoms. The van der Waals surface area contributed by atoms with Crippen LogP contribution in [0.3, 0.4) is 0 Å². The Labute approximate surface area is 138 Å². The number of hydrogen-bond donors (Lipinski definition) is 0. The van der Waals surface area contributed by atoms with Gasteiger partial charge in [-0.15, -0.1) is 0 Å². The van der Waals surface area contributed by atoms with Crippen LogP contribution >= 0.6 is 11.8 Å². The highest BCUT2D eigenvalue weighted by Gasteiger charge is 2.22. The third-order valence-electron chi connectivity index (χ3n) is 3.90. The molecule has 1 heterocycles.